The summed E-state index contributed by atoms with van der Waals surface area (Å²) in [5.74, 6) is 0.276. The Morgan fingerprint density at radius 1 is 1.06 bits per heavy atom. The number of aromatic nitrogens is 1. The summed E-state index contributed by atoms with van der Waals surface area (Å²) in [6.45, 7) is 0. The highest BCUT2D eigenvalue weighted by atomic mass is 35.5. The van der Waals surface area contributed by atoms with Gasteiger partial charge in [0, 0.05) is 32.5 Å². The van der Waals surface area contributed by atoms with E-state index in [-0.39, 0.29) is 23.5 Å². The molecule has 1 aliphatic rings. The molecule has 4 rings (SSSR count). The predicted octanol–water partition coefficient (Wildman–Crippen LogP) is 7.37. The number of carbonyl (C=O) groups excluding carboxylic acids is 2. The summed E-state index contributed by atoms with van der Waals surface area (Å²) in [6, 6.07) is 12.8. The van der Waals surface area contributed by atoms with E-state index in [9.17, 15) is 9.59 Å². The molecular formula is C24H23Cl2N3O2S2. The van der Waals surface area contributed by atoms with E-state index in [1.54, 1.807) is 18.2 Å². The quantitative estimate of drug-likeness (QED) is 0.319. The average molecular weight is 521 g/mol. The molecule has 5 nitrogen and oxygen atoms in total. The fourth-order valence-electron chi connectivity index (χ4n) is 3.73. The van der Waals surface area contributed by atoms with E-state index in [4.69, 9.17) is 23.2 Å². The predicted molar refractivity (Wildman–Crippen MR) is 139 cm³/mol. The topological polar surface area (TPSA) is 71.1 Å². The maximum Gasteiger partial charge on any atom is 0.236 e. The highest BCUT2D eigenvalue weighted by Crippen LogP contribution is 2.32. The molecule has 1 aromatic heterocycles. The van der Waals surface area contributed by atoms with Gasteiger partial charge in [0.2, 0.25) is 11.8 Å². The summed E-state index contributed by atoms with van der Waals surface area (Å²) in [5.41, 5.74) is 2.21. The molecule has 2 amide bonds. The van der Waals surface area contributed by atoms with Crippen LogP contribution in [0.1, 0.15) is 32.1 Å². The Kier molecular flexibility index (Phi) is 8.30. The number of amides is 2. The first kappa shape index (κ1) is 24.1. The fourth-order valence-corrected chi connectivity index (χ4v) is 5.72. The number of rotatable bonds is 7. The van der Waals surface area contributed by atoms with Crippen molar-refractivity contribution in [3.63, 3.8) is 0 Å². The minimum absolute atomic E-state index is 0.0926. The molecule has 1 fully saturated rings. The van der Waals surface area contributed by atoms with Crippen molar-refractivity contribution in [1.82, 2.24) is 4.98 Å². The molecule has 3 aromatic rings. The summed E-state index contributed by atoms with van der Waals surface area (Å²) >= 11 is 14.9. The van der Waals surface area contributed by atoms with Gasteiger partial charge in [-0.25, -0.2) is 4.98 Å². The first-order chi connectivity index (χ1) is 16.0. The zero-order valence-electron chi connectivity index (χ0n) is 17.8. The number of hydrogen-bond acceptors (Lipinski definition) is 5. The minimum Gasteiger partial charge on any atom is -0.326 e. The molecular weight excluding hydrogens is 497 g/mol. The molecule has 33 heavy (non-hydrogen) atoms. The van der Waals surface area contributed by atoms with Crippen LogP contribution >= 0.6 is 46.3 Å². The largest absolute Gasteiger partial charge is 0.326 e. The van der Waals surface area contributed by atoms with Gasteiger partial charge in [-0.2, -0.15) is 0 Å². The van der Waals surface area contributed by atoms with Crippen molar-refractivity contribution in [2.75, 3.05) is 16.4 Å². The van der Waals surface area contributed by atoms with Crippen molar-refractivity contribution in [3.05, 3.63) is 57.9 Å². The fraction of sp³-hybridized carbons (Fsp3) is 0.292. The van der Waals surface area contributed by atoms with Gasteiger partial charge in [0.05, 0.1) is 16.5 Å². The molecule has 1 aliphatic carbocycles. The van der Waals surface area contributed by atoms with E-state index < -0.39 is 0 Å². The van der Waals surface area contributed by atoms with E-state index in [2.05, 4.69) is 15.6 Å². The first-order valence-electron chi connectivity index (χ1n) is 10.7. The van der Waals surface area contributed by atoms with Crippen molar-refractivity contribution >= 4 is 68.9 Å². The second-order valence-corrected chi connectivity index (χ2v) is 10.6. The van der Waals surface area contributed by atoms with Crippen molar-refractivity contribution in [2.45, 2.75) is 37.0 Å². The van der Waals surface area contributed by atoms with Crippen molar-refractivity contribution in [3.8, 4) is 11.3 Å². The lowest BCUT2D eigenvalue weighted by Gasteiger charge is -2.20. The third-order valence-electron chi connectivity index (χ3n) is 5.41. The van der Waals surface area contributed by atoms with Gasteiger partial charge in [-0.05, 0) is 49.2 Å². The van der Waals surface area contributed by atoms with Crippen LogP contribution in [0.4, 0.5) is 10.8 Å². The normalized spacial score (nSPS) is 14.1. The Labute approximate surface area is 211 Å². The first-order valence-corrected chi connectivity index (χ1v) is 13.3. The third kappa shape index (κ3) is 6.73. The third-order valence-corrected chi connectivity index (χ3v) is 7.70. The number of anilines is 2. The number of thiazole rings is 1. The lowest BCUT2D eigenvalue weighted by Crippen LogP contribution is -2.24. The summed E-state index contributed by atoms with van der Waals surface area (Å²) in [6.07, 6.45) is 5.38. The number of hydrogen-bond donors (Lipinski definition) is 2. The van der Waals surface area contributed by atoms with Crippen LogP contribution in [0, 0.1) is 5.92 Å². The van der Waals surface area contributed by atoms with Gasteiger partial charge in [-0.15, -0.1) is 23.1 Å². The van der Waals surface area contributed by atoms with Crippen LogP contribution in [-0.2, 0) is 9.59 Å². The van der Waals surface area contributed by atoms with Gasteiger partial charge in [0.1, 0.15) is 0 Å². The molecule has 0 radical (unpaired) electrons. The molecule has 1 heterocycles. The van der Waals surface area contributed by atoms with Crippen LogP contribution in [0.25, 0.3) is 11.3 Å². The Bertz CT molecular complexity index is 1150. The van der Waals surface area contributed by atoms with E-state index in [0.717, 1.165) is 41.8 Å². The zero-order valence-corrected chi connectivity index (χ0v) is 20.9. The molecule has 0 bridgehead atoms. The van der Waals surface area contributed by atoms with E-state index in [0.29, 0.717) is 20.9 Å². The summed E-state index contributed by atoms with van der Waals surface area (Å²) in [5, 5.41) is 9.28. The Morgan fingerprint density at radius 2 is 1.88 bits per heavy atom. The number of nitrogens with zero attached hydrogens (tertiary/aromatic N) is 1. The number of nitrogens with one attached hydrogen (secondary N) is 2. The maximum atomic E-state index is 12.5. The van der Waals surface area contributed by atoms with Crippen LogP contribution in [0.5, 0.6) is 0 Å². The second kappa shape index (κ2) is 11.4. The molecule has 0 saturated heterocycles. The van der Waals surface area contributed by atoms with Gasteiger partial charge in [-0.1, -0.05) is 48.5 Å². The molecule has 1 saturated carbocycles. The molecule has 0 spiro atoms. The minimum atomic E-state index is -0.153. The van der Waals surface area contributed by atoms with E-state index in [1.807, 2.05) is 29.6 Å². The zero-order chi connectivity index (χ0) is 23.2. The summed E-state index contributed by atoms with van der Waals surface area (Å²) in [7, 11) is 0. The highest BCUT2D eigenvalue weighted by Gasteiger charge is 2.21. The summed E-state index contributed by atoms with van der Waals surface area (Å²) < 4.78 is 0. The molecule has 2 aromatic carbocycles. The van der Waals surface area contributed by atoms with Crippen LogP contribution in [0.15, 0.2) is 52.7 Å². The van der Waals surface area contributed by atoms with Gasteiger partial charge in [0.25, 0.3) is 0 Å². The smallest absolute Gasteiger partial charge is 0.236 e. The molecule has 172 valence electrons. The van der Waals surface area contributed by atoms with Gasteiger partial charge in [0.15, 0.2) is 5.13 Å². The van der Waals surface area contributed by atoms with E-state index >= 15 is 0 Å². The number of halogens is 2. The Hall–Kier alpha value is -2.06. The van der Waals surface area contributed by atoms with Crippen molar-refractivity contribution in [1.29, 1.82) is 0 Å². The highest BCUT2D eigenvalue weighted by molar-refractivity contribution is 8.00. The number of benzene rings is 2. The monoisotopic (exact) mass is 519 g/mol. The maximum absolute atomic E-state index is 12.5. The standard InChI is InChI=1S/C24H23Cl2N3O2S2/c25-16-9-10-19(20(26)11-16)21-13-33-24(28-21)29-22(30)14-32-18-8-4-7-17(12-18)27-23(31)15-5-2-1-3-6-15/h4,7-13,15H,1-3,5-6,14H2,(H,27,31)(H,28,29,30). The summed E-state index contributed by atoms with van der Waals surface area (Å²) in [4.78, 5) is 30.3. The molecule has 0 atom stereocenters. The van der Waals surface area contributed by atoms with Gasteiger partial charge in [-0.3, -0.25) is 9.59 Å². The molecule has 2 N–H and O–H groups in total. The molecule has 0 unspecified atom stereocenters. The SMILES string of the molecule is O=C(CSc1cccc(NC(=O)C2CCCCC2)c1)Nc1nc(-c2ccc(Cl)cc2Cl)cs1. The van der Waals surface area contributed by atoms with Crippen LogP contribution in [-0.4, -0.2) is 22.6 Å². The van der Waals surface area contributed by atoms with Crippen LogP contribution in [0.2, 0.25) is 10.0 Å². The van der Waals surface area contributed by atoms with E-state index in [1.165, 1.54) is 29.5 Å². The number of carbonyl (C=O) groups is 2. The Balaban J connectivity index is 1.30. The lowest BCUT2D eigenvalue weighted by molar-refractivity contribution is -0.120. The number of thioether (sulfide) groups is 1. The van der Waals surface area contributed by atoms with Crippen LogP contribution < -0.4 is 10.6 Å². The van der Waals surface area contributed by atoms with Crippen LogP contribution in [0.3, 0.4) is 0 Å². The van der Waals surface area contributed by atoms with Crippen molar-refractivity contribution in [2.24, 2.45) is 5.92 Å². The average Bonchev–Trinajstić information content (AvgIpc) is 3.26. The second-order valence-electron chi connectivity index (χ2n) is 7.85. The van der Waals surface area contributed by atoms with Gasteiger partial charge < -0.3 is 10.6 Å². The van der Waals surface area contributed by atoms with Gasteiger partial charge >= 0.3 is 0 Å². The molecule has 9 heteroatoms. The molecule has 0 aliphatic heterocycles. The Morgan fingerprint density at radius 3 is 2.67 bits per heavy atom. The lowest BCUT2D eigenvalue weighted by atomic mass is 9.88. The van der Waals surface area contributed by atoms with Crippen molar-refractivity contribution < 1.29 is 9.59 Å².